The van der Waals surface area contributed by atoms with Gasteiger partial charge in [-0.2, -0.15) is 5.10 Å². The third-order valence-electron chi connectivity index (χ3n) is 2.87. The largest absolute Gasteiger partial charge is 0.310 e. The van der Waals surface area contributed by atoms with E-state index in [1.165, 1.54) is 0 Å². The fourth-order valence-electron chi connectivity index (χ4n) is 1.79. The van der Waals surface area contributed by atoms with Crippen molar-refractivity contribution in [1.82, 2.24) is 9.78 Å². The number of anilines is 1. The van der Waals surface area contributed by atoms with Crippen LogP contribution in [0, 0.1) is 0 Å². The molecule has 0 saturated heterocycles. The molecule has 0 unspecified atom stereocenters. The highest BCUT2D eigenvalue weighted by Gasteiger charge is 2.14. The van der Waals surface area contributed by atoms with Gasteiger partial charge in [-0.3, -0.25) is 4.79 Å². The minimum Gasteiger partial charge on any atom is -0.310 e. The Hall–Kier alpha value is -1.46. The lowest BCUT2D eigenvalue weighted by molar-refractivity contribution is -0.113. The maximum absolute atomic E-state index is 12.0. The Bertz CT molecular complexity index is 632. The molecular weight excluding hydrogens is 318 g/mol. The Labute approximate surface area is 140 Å². The molecule has 0 aliphatic heterocycles. The van der Waals surface area contributed by atoms with E-state index in [0.717, 1.165) is 5.56 Å². The van der Waals surface area contributed by atoms with Gasteiger partial charge in [0.25, 0.3) is 0 Å². The zero-order valence-corrected chi connectivity index (χ0v) is 14.5. The van der Waals surface area contributed by atoms with E-state index >= 15 is 0 Å². The number of rotatable bonds is 5. The molecule has 6 heteroatoms. The van der Waals surface area contributed by atoms with Gasteiger partial charge >= 0.3 is 0 Å². The van der Waals surface area contributed by atoms with Crippen LogP contribution in [0.5, 0.6) is 0 Å². The van der Waals surface area contributed by atoms with E-state index in [2.05, 4.69) is 31.2 Å². The minimum atomic E-state index is -0.0159. The van der Waals surface area contributed by atoms with Crippen molar-refractivity contribution in [3.63, 3.8) is 0 Å². The molecule has 0 bridgehead atoms. The molecule has 4 nitrogen and oxygen atoms in total. The van der Waals surface area contributed by atoms with Gasteiger partial charge in [-0.15, -0.1) is 11.8 Å². The Balaban J connectivity index is 1.97. The van der Waals surface area contributed by atoms with Gasteiger partial charge < -0.3 is 5.32 Å². The fraction of sp³-hybridized carbons (Fsp3) is 0.375. The molecule has 22 heavy (non-hydrogen) atoms. The first-order chi connectivity index (χ1) is 10.3. The van der Waals surface area contributed by atoms with Gasteiger partial charge in [0.1, 0.15) is 5.82 Å². The molecule has 1 aromatic heterocycles. The molecule has 0 radical (unpaired) electrons. The maximum Gasteiger partial charge on any atom is 0.235 e. The topological polar surface area (TPSA) is 46.9 Å². The molecule has 2 aromatic rings. The highest BCUT2D eigenvalue weighted by molar-refractivity contribution is 8.01. The van der Waals surface area contributed by atoms with Crippen LogP contribution in [-0.2, 0) is 11.3 Å². The van der Waals surface area contributed by atoms with Crippen molar-refractivity contribution in [2.24, 2.45) is 0 Å². The van der Waals surface area contributed by atoms with E-state index in [9.17, 15) is 4.79 Å². The van der Waals surface area contributed by atoms with Crippen molar-refractivity contribution in [2.75, 3.05) is 11.1 Å². The number of amides is 1. The molecule has 0 spiro atoms. The standard InChI is InChI=1S/C16H20ClN3OS/c1-16(2,3)22-11-15(21)19-14-8-9-18-20(14)10-12-4-6-13(17)7-5-12/h4-9H,10-11H2,1-3H3,(H,19,21). The number of carbonyl (C=O) groups excluding carboxylic acids is 1. The first kappa shape index (κ1) is 16.9. The molecule has 1 amide bonds. The highest BCUT2D eigenvalue weighted by atomic mass is 35.5. The third kappa shape index (κ3) is 5.39. The number of nitrogens with one attached hydrogen (secondary N) is 1. The number of carbonyl (C=O) groups is 1. The lowest BCUT2D eigenvalue weighted by Crippen LogP contribution is -2.21. The van der Waals surface area contributed by atoms with Crippen molar-refractivity contribution >= 4 is 35.1 Å². The highest BCUT2D eigenvalue weighted by Crippen LogP contribution is 2.23. The quantitative estimate of drug-likeness (QED) is 0.895. The molecule has 0 atom stereocenters. The summed E-state index contributed by atoms with van der Waals surface area (Å²) in [5.74, 6) is 1.11. The van der Waals surface area contributed by atoms with Gasteiger partial charge in [0.15, 0.2) is 0 Å². The lowest BCUT2D eigenvalue weighted by Gasteiger charge is -2.17. The number of nitrogens with zero attached hydrogens (tertiary/aromatic N) is 2. The Morgan fingerprint density at radius 2 is 1.95 bits per heavy atom. The van der Waals surface area contributed by atoms with Crippen LogP contribution in [0.4, 0.5) is 5.82 Å². The third-order valence-corrected chi connectivity index (χ3v) is 4.39. The van der Waals surface area contributed by atoms with Crippen LogP contribution in [0.1, 0.15) is 26.3 Å². The summed E-state index contributed by atoms with van der Waals surface area (Å²) >= 11 is 7.50. The van der Waals surface area contributed by atoms with Crippen LogP contribution < -0.4 is 5.32 Å². The van der Waals surface area contributed by atoms with Gasteiger partial charge in [-0.25, -0.2) is 4.68 Å². The molecule has 118 valence electrons. The second-order valence-corrected chi connectivity index (χ2v) is 8.19. The van der Waals surface area contributed by atoms with Crippen LogP contribution in [0.25, 0.3) is 0 Å². The van der Waals surface area contributed by atoms with Crippen molar-refractivity contribution < 1.29 is 4.79 Å². The second-order valence-electron chi connectivity index (χ2n) is 5.95. The zero-order chi connectivity index (χ0) is 16.2. The number of hydrogen-bond acceptors (Lipinski definition) is 3. The number of thioether (sulfide) groups is 1. The van der Waals surface area contributed by atoms with Gasteiger partial charge in [0.2, 0.25) is 5.91 Å². The van der Waals surface area contributed by atoms with E-state index in [1.54, 1.807) is 28.7 Å². The van der Waals surface area contributed by atoms with Gasteiger partial charge in [-0.1, -0.05) is 44.5 Å². The fourth-order valence-corrected chi connectivity index (χ4v) is 2.55. The predicted molar refractivity (Wildman–Crippen MR) is 93.6 cm³/mol. The summed E-state index contributed by atoms with van der Waals surface area (Å²) in [6.45, 7) is 6.87. The molecule has 1 heterocycles. The van der Waals surface area contributed by atoms with Crippen molar-refractivity contribution in [1.29, 1.82) is 0 Å². The maximum atomic E-state index is 12.0. The molecule has 1 N–H and O–H groups in total. The molecule has 2 rings (SSSR count). The van der Waals surface area contributed by atoms with Crippen LogP contribution in [0.15, 0.2) is 36.5 Å². The lowest BCUT2D eigenvalue weighted by atomic mass is 10.2. The molecule has 0 aliphatic rings. The van der Waals surface area contributed by atoms with Crippen molar-refractivity contribution in [2.45, 2.75) is 32.1 Å². The Morgan fingerprint density at radius 1 is 1.27 bits per heavy atom. The van der Waals surface area contributed by atoms with E-state index in [0.29, 0.717) is 23.1 Å². The Morgan fingerprint density at radius 3 is 2.59 bits per heavy atom. The number of halogens is 1. The summed E-state index contributed by atoms with van der Waals surface area (Å²) < 4.78 is 1.84. The number of hydrogen-bond donors (Lipinski definition) is 1. The number of benzene rings is 1. The first-order valence-electron chi connectivity index (χ1n) is 7.03. The smallest absolute Gasteiger partial charge is 0.235 e. The molecule has 0 aliphatic carbocycles. The summed E-state index contributed by atoms with van der Waals surface area (Å²) in [6, 6.07) is 9.39. The van der Waals surface area contributed by atoms with Gasteiger partial charge in [-0.05, 0) is 17.7 Å². The summed E-state index contributed by atoms with van der Waals surface area (Å²) in [5, 5.41) is 7.87. The summed E-state index contributed by atoms with van der Waals surface area (Å²) in [7, 11) is 0. The van der Waals surface area contributed by atoms with Gasteiger partial charge in [0, 0.05) is 15.8 Å². The number of aromatic nitrogens is 2. The summed E-state index contributed by atoms with van der Waals surface area (Å²) in [5.41, 5.74) is 1.08. The van der Waals surface area contributed by atoms with Crippen LogP contribution in [-0.4, -0.2) is 26.2 Å². The monoisotopic (exact) mass is 337 g/mol. The van der Waals surface area contributed by atoms with E-state index in [1.807, 2.05) is 24.3 Å². The predicted octanol–water partition coefficient (Wildman–Crippen LogP) is 4.06. The van der Waals surface area contributed by atoms with Crippen molar-refractivity contribution in [3.05, 3.63) is 47.1 Å². The molecule has 0 fully saturated rings. The zero-order valence-electron chi connectivity index (χ0n) is 13.0. The molecule has 0 saturated carbocycles. The van der Waals surface area contributed by atoms with Crippen LogP contribution >= 0.6 is 23.4 Å². The summed E-state index contributed by atoms with van der Waals surface area (Å²) in [4.78, 5) is 12.0. The SMILES string of the molecule is CC(C)(C)SCC(=O)Nc1ccnn1Cc1ccc(Cl)cc1. The first-order valence-corrected chi connectivity index (χ1v) is 8.40. The van der Waals surface area contributed by atoms with Crippen molar-refractivity contribution in [3.8, 4) is 0 Å². The average Bonchev–Trinajstić information content (AvgIpc) is 2.86. The van der Waals surface area contributed by atoms with E-state index < -0.39 is 0 Å². The van der Waals surface area contributed by atoms with Crippen LogP contribution in [0.3, 0.4) is 0 Å². The minimum absolute atomic E-state index is 0.0159. The van der Waals surface area contributed by atoms with Gasteiger partial charge in [0.05, 0.1) is 18.5 Å². The van der Waals surface area contributed by atoms with E-state index in [4.69, 9.17) is 11.6 Å². The average molecular weight is 338 g/mol. The normalized spacial score (nSPS) is 11.5. The Kier molecular flexibility index (Phi) is 5.53. The van der Waals surface area contributed by atoms with Crippen LogP contribution in [0.2, 0.25) is 5.02 Å². The molecular formula is C16H20ClN3OS. The summed E-state index contributed by atoms with van der Waals surface area (Å²) in [6.07, 6.45) is 1.68. The van der Waals surface area contributed by atoms with E-state index in [-0.39, 0.29) is 10.7 Å². The molecule has 1 aromatic carbocycles. The second kappa shape index (κ2) is 7.20.